The summed E-state index contributed by atoms with van der Waals surface area (Å²) in [5.74, 6) is -2.54. The molecule has 0 bridgehead atoms. The first-order valence-corrected chi connectivity index (χ1v) is 7.19. The third kappa shape index (κ3) is 4.09. The maximum absolute atomic E-state index is 13.5. The molecule has 0 aliphatic carbocycles. The first-order valence-electron chi connectivity index (χ1n) is 7.19. The number of rotatable bonds is 5. The lowest BCUT2D eigenvalue weighted by atomic mass is 10.1. The molecule has 0 unspecified atom stereocenters. The van der Waals surface area contributed by atoms with Crippen LogP contribution in [0.15, 0.2) is 30.5 Å². The van der Waals surface area contributed by atoms with Crippen LogP contribution in [0.1, 0.15) is 26.3 Å². The molecule has 0 radical (unpaired) electrons. The molecule has 0 aliphatic heterocycles. The van der Waals surface area contributed by atoms with E-state index in [1.165, 1.54) is 32.2 Å². The summed E-state index contributed by atoms with van der Waals surface area (Å²) in [5, 5.41) is 0. The monoisotopic (exact) mass is 350 g/mol. The Hall–Kier alpha value is -3.03. The van der Waals surface area contributed by atoms with E-state index in [0.29, 0.717) is 0 Å². The fourth-order valence-electron chi connectivity index (χ4n) is 2.28. The number of hydrogen-bond donors (Lipinski definition) is 0. The van der Waals surface area contributed by atoms with Gasteiger partial charge in [-0.2, -0.15) is 0 Å². The number of esters is 1. The van der Waals surface area contributed by atoms with Crippen LogP contribution in [0.5, 0.6) is 5.88 Å². The molecule has 8 heteroatoms. The van der Waals surface area contributed by atoms with Gasteiger partial charge in [-0.05, 0) is 29.8 Å². The highest BCUT2D eigenvalue weighted by atomic mass is 19.1. The average Bonchev–Trinajstić information content (AvgIpc) is 2.60. The summed E-state index contributed by atoms with van der Waals surface area (Å²) in [5.41, 5.74) is 0.305. The fourth-order valence-corrected chi connectivity index (χ4v) is 2.28. The first-order chi connectivity index (χ1) is 11.9. The molecule has 0 fully saturated rings. The SMILES string of the molecule is COC(=O)c1ccc(F)cc1CN(C)C(=O)c1cc(F)cnc1OC. The molecular formula is C17H16F2N2O4. The number of hydrogen-bond acceptors (Lipinski definition) is 5. The van der Waals surface area contributed by atoms with Crippen LogP contribution in [0, 0.1) is 11.6 Å². The molecule has 0 atom stereocenters. The van der Waals surface area contributed by atoms with Crippen molar-refractivity contribution in [3.8, 4) is 5.88 Å². The van der Waals surface area contributed by atoms with Crippen LogP contribution in [0.4, 0.5) is 8.78 Å². The molecule has 0 saturated carbocycles. The van der Waals surface area contributed by atoms with Crippen molar-refractivity contribution in [2.24, 2.45) is 0 Å². The normalized spacial score (nSPS) is 10.3. The molecule has 0 saturated heterocycles. The lowest BCUT2D eigenvalue weighted by Gasteiger charge is -2.19. The molecule has 1 amide bonds. The first kappa shape index (κ1) is 18.3. The van der Waals surface area contributed by atoms with Gasteiger partial charge in [0.25, 0.3) is 5.91 Å². The van der Waals surface area contributed by atoms with Gasteiger partial charge in [0.05, 0.1) is 26.0 Å². The molecule has 0 aliphatic rings. The largest absolute Gasteiger partial charge is 0.480 e. The summed E-state index contributed by atoms with van der Waals surface area (Å²) < 4.78 is 36.5. The fraction of sp³-hybridized carbons (Fsp3) is 0.235. The van der Waals surface area contributed by atoms with Crippen LogP contribution >= 0.6 is 0 Å². The molecular weight excluding hydrogens is 334 g/mol. The van der Waals surface area contributed by atoms with Crippen molar-refractivity contribution in [1.82, 2.24) is 9.88 Å². The summed E-state index contributed by atoms with van der Waals surface area (Å²) in [4.78, 5) is 29.2. The van der Waals surface area contributed by atoms with Crippen LogP contribution in [0.3, 0.4) is 0 Å². The van der Waals surface area contributed by atoms with Crippen molar-refractivity contribution >= 4 is 11.9 Å². The molecule has 25 heavy (non-hydrogen) atoms. The van der Waals surface area contributed by atoms with Gasteiger partial charge in [0.1, 0.15) is 17.2 Å². The van der Waals surface area contributed by atoms with Gasteiger partial charge in [0.2, 0.25) is 5.88 Å². The number of carbonyl (C=O) groups is 2. The van der Waals surface area contributed by atoms with Crippen LogP contribution in [0.25, 0.3) is 0 Å². The summed E-state index contributed by atoms with van der Waals surface area (Å²) >= 11 is 0. The molecule has 2 rings (SSSR count). The molecule has 132 valence electrons. The Morgan fingerprint density at radius 1 is 1.12 bits per heavy atom. The maximum Gasteiger partial charge on any atom is 0.338 e. The summed E-state index contributed by atoms with van der Waals surface area (Å²) in [6.45, 7) is -0.0965. The van der Waals surface area contributed by atoms with E-state index >= 15 is 0 Å². The predicted octanol–water partition coefficient (Wildman–Crippen LogP) is 2.43. The van der Waals surface area contributed by atoms with Gasteiger partial charge in [-0.1, -0.05) is 0 Å². The zero-order valence-electron chi connectivity index (χ0n) is 13.9. The van der Waals surface area contributed by atoms with Crippen molar-refractivity contribution < 1.29 is 27.8 Å². The van der Waals surface area contributed by atoms with Crippen LogP contribution in [-0.4, -0.2) is 43.0 Å². The number of amides is 1. The van der Waals surface area contributed by atoms with Crippen LogP contribution in [-0.2, 0) is 11.3 Å². The molecule has 1 aromatic heterocycles. The van der Waals surface area contributed by atoms with Crippen LogP contribution in [0.2, 0.25) is 0 Å². The summed E-state index contributed by atoms with van der Waals surface area (Å²) in [6, 6.07) is 4.53. The molecule has 1 heterocycles. The topological polar surface area (TPSA) is 68.7 Å². The quantitative estimate of drug-likeness (QED) is 0.775. The number of pyridine rings is 1. The van der Waals surface area contributed by atoms with Crippen molar-refractivity contribution in [2.75, 3.05) is 21.3 Å². The van der Waals surface area contributed by atoms with E-state index in [1.54, 1.807) is 0 Å². The van der Waals surface area contributed by atoms with Gasteiger partial charge in [0.15, 0.2) is 0 Å². The van der Waals surface area contributed by atoms with Gasteiger partial charge < -0.3 is 14.4 Å². The Balaban J connectivity index is 2.32. The Kier molecular flexibility index (Phi) is 5.63. The number of ether oxygens (including phenoxy) is 2. The Morgan fingerprint density at radius 3 is 2.48 bits per heavy atom. The number of benzene rings is 1. The van der Waals surface area contributed by atoms with Crippen LogP contribution < -0.4 is 4.74 Å². The summed E-state index contributed by atoms with van der Waals surface area (Å²) in [6.07, 6.45) is 0.928. The van der Waals surface area contributed by atoms with Gasteiger partial charge in [-0.3, -0.25) is 4.79 Å². The van der Waals surface area contributed by atoms with E-state index in [-0.39, 0.29) is 29.1 Å². The van der Waals surface area contributed by atoms with E-state index in [2.05, 4.69) is 9.72 Å². The lowest BCUT2D eigenvalue weighted by Crippen LogP contribution is -2.28. The second-order valence-electron chi connectivity index (χ2n) is 5.16. The van der Waals surface area contributed by atoms with Crippen molar-refractivity contribution in [1.29, 1.82) is 0 Å². The Morgan fingerprint density at radius 2 is 1.84 bits per heavy atom. The third-order valence-corrected chi connectivity index (χ3v) is 3.47. The standard InChI is InChI=1S/C17H16F2N2O4/c1-21(16(22)14-7-12(19)8-20-15(14)24-2)9-10-6-11(18)4-5-13(10)17(23)25-3/h4-8H,9H2,1-3H3. The van der Waals surface area contributed by atoms with E-state index in [4.69, 9.17) is 4.74 Å². The minimum absolute atomic E-state index is 0.0364. The molecule has 1 aromatic carbocycles. The smallest absolute Gasteiger partial charge is 0.338 e. The van der Waals surface area contributed by atoms with Crippen molar-refractivity contribution in [3.05, 3.63) is 58.8 Å². The molecule has 6 nitrogen and oxygen atoms in total. The average molecular weight is 350 g/mol. The highest BCUT2D eigenvalue weighted by Crippen LogP contribution is 2.20. The Bertz CT molecular complexity index is 811. The number of methoxy groups -OCH3 is 2. The molecule has 0 spiro atoms. The highest BCUT2D eigenvalue weighted by Gasteiger charge is 2.21. The van der Waals surface area contributed by atoms with Gasteiger partial charge >= 0.3 is 5.97 Å². The number of halogens is 2. The minimum atomic E-state index is -0.696. The zero-order chi connectivity index (χ0) is 18.6. The van der Waals surface area contributed by atoms with E-state index < -0.39 is 23.5 Å². The lowest BCUT2D eigenvalue weighted by molar-refractivity contribution is 0.0595. The second kappa shape index (κ2) is 7.69. The highest BCUT2D eigenvalue weighted by molar-refractivity contribution is 5.96. The predicted molar refractivity (Wildman–Crippen MR) is 84.3 cm³/mol. The van der Waals surface area contributed by atoms with E-state index in [9.17, 15) is 18.4 Å². The van der Waals surface area contributed by atoms with E-state index in [0.717, 1.165) is 24.4 Å². The summed E-state index contributed by atoms with van der Waals surface area (Å²) in [7, 11) is 3.94. The van der Waals surface area contributed by atoms with E-state index in [1.807, 2.05) is 0 Å². The van der Waals surface area contributed by atoms with Gasteiger partial charge in [-0.15, -0.1) is 0 Å². The van der Waals surface area contributed by atoms with Crippen molar-refractivity contribution in [3.63, 3.8) is 0 Å². The maximum atomic E-state index is 13.5. The second-order valence-corrected chi connectivity index (χ2v) is 5.16. The number of carbonyl (C=O) groups excluding carboxylic acids is 2. The minimum Gasteiger partial charge on any atom is -0.480 e. The van der Waals surface area contributed by atoms with Gasteiger partial charge in [0, 0.05) is 13.6 Å². The van der Waals surface area contributed by atoms with Gasteiger partial charge in [-0.25, -0.2) is 18.6 Å². The molecule has 0 N–H and O–H groups in total. The number of aromatic nitrogens is 1. The Labute approximate surface area is 143 Å². The van der Waals surface area contributed by atoms with Crippen molar-refractivity contribution in [2.45, 2.75) is 6.54 Å². The molecule has 2 aromatic rings. The zero-order valence-corrected chi connectivity index (χ0v) is 13.9. The number of nitrogens with zero attached hydrogens (tertiary/aromatic N) is 2. The third-order valence-electron chi connectivity index (χ3n) is 3.47.